The van der Waals surface area contributed by atoms with Crippen LogP contribution < -0.4 is 5.32 Å². The molecular weight excluding hydrogens is 278 g/mol. The number of ether oxygens (including phenoxy) is 1. The fourth-order valence-corrected chi connectivity index (χ4v) is 2.10. The van der Waals surface area contributed by atoms with E-state index in [1.54, 1.807) is 19.1 Å². The van der Waals surface area contributed by atoms with Crippen LogP contribution in [0.2, 0.25) is 0 Å². The Morgan fingerprint density at radius 3 is 2.55 bits per heavy atom. The molecule has 118 valence electrons. The fourth-order valence-electron chi connectivity index (χ4n) is 2.10. The molecule has 1 N–H and O–H groups in total. The molecule has 0 unspecified atom stereocenters. The second-order valence-corrected chi connectivity index (χ2v) is 5.59. The minimum atomic E-state index is -0.299. The van der Waals surface area contributed by atoms with Gasteiger partial charge in [-0.1, -0.05) is 26.0 Å². The predicted octanol–water partition coefficient (Wildman–Crippen LogP) is 3.87. The standard InChI is InChI=1S/C18H23NO3/c1-4-21-18(20)15-7-5-14(6-8-15)17-10-9-16(22-17)12-19-11-13(2)3/h5-10,13,19H,4,11-12H2,1-3H3. The molecule has 0 saturated heterocycles. The average Bonchev–Trinajstić information content (AvgIpc) is 2.96. The number of rotatable bonds is 7. The van der Waals surface area contributed by atoms with E-state index in [1.165, 1.54) is 0 Å². The summed E-state index contributed by atoms with van der Waals surface area (Å²) in [6, 6.07) is 11.2. The number of furan rings is 1. The van der Waals surface area contributed by atoms with Crippen LogP contribution in [-0.4, -0.2) is 19.1 Å². The number of benzene rings is 1. The summed E-state index contributed by atoms with van der Waals surface area (Å²) in [5, 5.41) is 3.35. The van der Waals surface area contributed by atoms with Gasteiger partial charge >= 0.3 is 5.97 Å². The van der Waals surface area contributed by atoms with Gasteiger partial charge in [-0.05, 0) is 43.7 Å². The van der Waals surface area contributed by atoms with E-state index in [4.69, 9.17) is 9.15 Å². The van der Waals surface area contributed by atoms with E-state index < -0.39 is 0 Å². The first-order valence-corrected chi connectivity index (χ1v) is 7.67. The first-order valence-electron chi connectivity index (χ1n) is 7.67. The number of esters is 1. The fraction of sp³-hybridized carbons (Fsp3) is 0.389. The predicted molar refractivity (Wildman–Crippen MR) is 86.6 cm³/mol. The third-order valence-electron chi connectivity index (χ3n) is 3.19. The van der Waals surface area contributed by atoms with Crippen molar-refractivity contribution >= 4 is 5.97 Å². The molecule has 4 heteroatoms. The summed E-state index contributed by atoms with van der Waals surface area (Å²) in [7, 11) is 0. The zero-order valence-corrected chi connectivity index (χ0v) is 13.4. The summed E-state index contributed by atoms with van der Waals surface area (Å²) >= 11 is 0. The van der Waals surface area contributed by atoms with Gasteiger partial charge in [0.25, 0.3) is 0 Å². The summed E-state index contributed by atoms with van der Waals surface area (Å²) < 4.78 is 10.8. The summed E-state index contributed by atoms with van der Waals surface area (Å²) in [6.45, 7) is 8.20. The number of hydrogen-bond donors (Lipinski definition) is 1. The van der Waals surface area contributed by atoms with Crippen LogP contribution in [0.1, 0.15) is 36.9 Å². The Bertz CT molecular complexity index is 599. The van der Waals surface area contributed by atoms with E-state index in [-0.39, 0.29) is 5.97 Å². The van der Waals surface area contributed by atoms with Crippen LogP contribution in [0.15, 0.2) is 40.8 Å². The maximum Gasteiger partial charge on any atom is 0.338 e. The number of carbonyl (C=O) groups is 1. The molecular formula is C18H23NO3. The maximum atomic E-state index is 11.6. The van der Waals surface area contributed by atoms with E-state index in [0.29, 0.717) is 18.1 Å². The van der Waals surface area contributed by atoms with Crippen molar-refractivity contribution in [1.29, 1.82) is 0 Å². The van der Waals surface area contributed by atoms with Crippen LogP contribution in [0.4, 0.5) is 0 Å². The van der Waals surface area contributed by atoms with Crippen LogP contribution >= 0.6 is 0 Å². The molecule has 1 heterocycles. The van der Waals surface area contributed by atoms with Crippen molar-refractivity contribution in [3.63, 3.8) is 0 Å². The normalized spacial score (nSPS) is 10.9. The molecule has 4 nitrogen and oxygen atoms in total. The van der Waals surface area contributed by atoms with E-state index in [9.17, 15) is 4.79 Å². The minimum Gasteiger partial charge on any atom is -0.462 e. The maximum absolute atomic E-state index is 11.6. The van der Waals surface area contributed by atoms with Crippen molar-refractivity contribution in [3.05, 3.63) is 47.7 Å². The quantitative estimate of drug-likeness (QED) is 0.789. The average molecular weight is 301 g/mol. The molecule has 0 amide bonds. The highest BCUT2D eigenvalue weighted by atomic mass is 16.5. The van der Waals surface area contributed by atoms with Crippen LogP contribution in [0.3, 0.4) is 0 Å². The van der Waals surface area contributed by atoms with E-state index >= 15 is 0 Å². The van der Waals surface area contributed by atoms with Crippen molar-refractivity contribution in [2.75, 3.05) is 13.2 Å². The Labute approximate surface area is 131 Å². The van der Waals surface area contributed by atoms with Crippen LogP contribution in [0.25, 0.3) is 11.3 Å². The first kappa shape index (κ1) is 16.3. The monoisotopic (exact) mass is 301 g/mol. The molecule has 0 bridgehead atoms. The van der Waals surface area contributed by atoms with Gasteiger partial charge in [-0.15, -0.1) is 0 Å². The third-order valence-corrected chi connectivity index (χ3v) is 3.19. The van der Waals surface area contributed by atoms with Crippen molar-refractivity contribution in [3.8, 4) is 11.3 Å². The van der Waals surface area contributed by atoms with E-state index in [0.717, 1.165) is 30.2 Å². The van der Waals surface area contributed by atoms with Gasteiger partial charge in [0.1, 0.15) is 11.5 Å². The van der Waals surface area contributed by atoms with Crippen molar-refractivity contribution in [1.82, 2.24) is 5.32 Å². The molecule has 0 fully saturated rings. The van der Waals surface area contributed by atoms with Crippen LogP contribution in [0.5, 0.6) is 0 Å². The smallest absolute Gasteiger partial charge is 0.338 e. The van der Waals surface area contributed by atoms with Crippen molar-refractivity contribution in [2.45, 2.75) is 27.3 Å². The minimum absolute atomic E-state index is 0.299. The van der Waals surface area contributed by atoms with E-state index in [1.807, 2.05) is 24.3 Å². The number of carbonyl (C=O) groups excluding carboxylic acids is 1. The Morgan fingerprint density at radius 2 is 1.91 bits per heavy atom. The van der Waals surface area contributed by atoms with Gasteiger partial charge in [0.2, 0.25) is 0 Å². The van der Waals surface area contributed by atoms with Gasteiger partial charge in [0, 0.05) is 5.56 Å². The molecule has 1 aromatic carbocycles. The zero-order chi connectivity index (χ0) is 15.9. The lowest BCUT2D eigenvalue weighted by molar-refractivity contribution is 0.0526. The third kappa shape index (κ3) is 4.46. The molecule has 2 rings (SSSR count). The lowest BCUT2D eigenvalue weighted by Crippen LogP contribution is -2.18. The summed E-state index contributed by atoms with van der Waals surface area (Å²) in [5.74, 6) is 2.03. The molecule has 1 aromatic heterocycles. The van der Waals surface area contributed by atoms with Gasteiger partial charge in [-0.2, -0.15) is 0 Å². The highest BCUT2D eigenvalue weighted by molar-refractivity contribution is 5.89. The lowest BCUT2D eigenvalue weighted by atomic mass is 10.1. The first-order chi connectivity index (χ1) is 10.6. The molecule has 0 atom stereocenters. The summed E-state index contributed by atoms with van der Waals surface area (Å²) in [4.78, 5) is 11.6. The SMILES string of the molecule is CCOC(=O)c1ccc(-c2ccc(CNCC(C)C)o2)cc1. The zero-order valence-electron chi connectivity index (χ0n) is 13.4. The lowest BCUT2D eigenvalue weighted by Gasteiger charge is -2.05. The molecule has 0 aliphatic rings. The summed E-state index contributed by atoms with van der Waals surface area (Å²) in [6.07, 6.45) is 0. The molecule has 0 radical (unpaired) electrons. The Hall–Kier alpha value is -2.07. The molecule has 2 aromatic rings. The summed E-state index contributed by atoms with van der Waals surface area (Å²) in [5.41, 5.74) is 1.50. The van der Waals surface area contributed by atoms with E-state index in [2.05, 4.69) is 19.2 Å². The molecule has 0 aliphatic heterocycles. The highest BCUT2D eigenvalue weighted by Gasteiger charge is 2.08. The van der Waals surface area contributed by atoms with Gasteiger partial charge in [-0.25, -0.2) is 4.79 Å². The molecule has 0 spiro atoms. The Balaban J connectivity index is 2.00. The Kier molecular flexibility index (Phi) is 5.78. The molecule has 0 saturated carbocycles. The van der Waals surface area contributed by atoms with Crippen LogP contribution in [-0.2, 0) is 11.3 Å². The van der Waals surface area contributed by atoms with Gasteiger partial charge < -0.3 is 14.5 Å². The van der Waals surface area contributed by atoms with Gasteiger partial charge in [-0.3, -0.25) is 0 Å². The highest BCUT2D eigenvalue weighted by Crippen LogP contribution is 2.22. The molecule has 22 heavy (non-hydrogen) atoms. The topological polar surface area (TPSA) is 51.5 Å². The van der Waals surface area contributed by atoms with Crippen molar-refractivity contribution < 1.29 is 13.9 Å². The second kappa shape index (κ2) is 7.80. The number of hydrogen-bond acceptors (Lipinski definition) is 4. The number of nitrogens with one attached hydrogen (secondary N) is 1. The van der Waals surface area contributed by atoms with Gasteiger partial charge in [0.15, 0.2) is 0 Å². The Morgan fingerprint density at radius 1 is 1.18 bits per heavy atom. The largest absolute Gasteiger partial charge is 0.462 e. The van der Waals surface area contributed by atoms with Gasteiger partial charge in [0.05, 0.1) is 18.7 Å². The van der Waals surface area contributed by atoms with Crippen molar-refractivity contribution in [2.24, 2.45) is 5.92 Å². The van der Waals surface area contributed by atoms with Crippen LogP contribution in [0, 0.1) is 5.92 Å². The second-order valence-electron chi connectivity index (χ2n) is 5.59. The molecule has 0 aliphatic carbocycles.